The maximum absolute atomic E-state index is 15.1. The Balaban J connectivity index is 1.31. The second-order valence-corrected chi connectivity index (χ2v) is 14.8. The van der Waals surface area contributed by atoms with E-state index in [9.17, 15) is 18.0 Å². The summed E-state index contributed by atoms with van der Waals surface area (Å²) < 4.78 is 41.3. The maximum Gasteiger partial charge on any atom is 0.245 e. The van der Waals surface area contributed by atoms with Gasteiger partial charge in [-0.3, -0.25) is 19.4 Å². The van der Waals surface area contributed by atoms with Gasteiger partial charge in [-0.1, -0.05) is 73.1 Å². The third-order valence-electron chi connectivity index (χ3n) is 9.26. The number of hydrogen-bond donors (Lipinski definition) is 1. The van der Waals surface area contributed by atoms with Gasteiger partial charge < -0.3 is 10.2 Å². The molecule has 12 heteroatoms. The lowest BCUT2D eigenvalue weighted by molar-refractivity contribution is -0.138. The molecule has 5 rings (SSSR count). The van der Waals surface area contributed by atoms with E-state index in [0.29, 0.717) is 43.2 Å². The average molecular weight is 684 g/mol. The van der Waals surface area contributed by atoms with Gasteiger partial charge in [0.05, 0.1) is 12.3 Å². The number of halogens is 2. The molecule has 0 aliphatic carbocycles. The van der Waals surface area contributed by atoms with Crippen molar-refractivity contribution in [1.82, 2.24) is 24.3 Å². The highest BCUT2D eigenvalue weighted by atomic mass is 35.5. The highest BCUT2D eigenvalue weighted by molar-refractivity contribution is 7.88. The van der Waals surface area contributed by atoms with Gasteiger partial charge >= 0.3 is 0 Å². The minimum absolute atomic E-state index is 0.0778. The van der Waals surface area contributed by atoms with Gasteiger partial charge in [0.2, 0.25) is 21.8 Å². The van der Waals surface area contributed by atoms with Crippen LogP contribution in [0.25, 0.3) is 0 Å². The van der Waals surface area contributed by atoms with Crippen LogP contribution in [0.4, 0.5) is 4.39 Å². The summed E-state index contributed by atoms with van der Waals surface area (Å²) in [7, 11) is -1.51. The molecule has 0 spiro atoms. The van der Waals surface area contributed by atoms with Gasteiger partial charge in [0, 0.05) is 75.3 Å². The Kier molecular flexibility index (Phi) is 11.3. The molecule has 3 atom stereocenters. The number of nitrogens with one attached hydrogen (secondary N) is 1. The lowest BCUT2D eigenvalue weighted by atomic mass is 10.0. The number of rotatable bonds is 12. The first-order chi connectivity index (χ1) is 22.4. The van der Waals surface area contributed by atoms with Crippen LogP contribution in [-0.2, 0) is 32.6 Å². The van der Waals surface area contributed by atoms with Crippen LogP contribution in [0.1, 0.15) is 47.7 Å². The summed E-state index contributed by atoms with van der Waals surface area (Å²) in [6.07, 6.45) is 1.69. The Bertz CT molecular complexity index is 1670. The van der Waals surface area contributed by atoms with E-state index in [-0.39, 0.29) is 37.4 Å². The van der Waals surface area contributed by atoms with Crippen molar-refractivity contribution < 1.29 is 22.4 Å². The molecule has 0 radical (unpaired) electrons. The molecule has 252 valence electrons. The van der Waals surface area contributed by atoms with Gasteiger partial charge in [0.1, 0.15) is 11.9 Å². The minimum Gasteiger partial charge on any atom is -0.344 e. The molecule has 2 aliphatic rings. The fraction of sp³-hybridized carbons (Fsp3) is 0.429. The molecule has 1 N–H and O–H groups in total. The molecule has 2 amide bonds. The van der Waals surface area contributed by atoms with Crippen molar-refractivity contribution in [1.29, 1.82) is 0 Å². The number of fused-ring (bicyclic) bond motifs is 1. The molecule has 2 heterocycles. The number of amides is 2. The Hall–Kier alpha value is -3.35. The van der Waals surface area contributed by atoms with E-state index >= 15 is 4.39 Å². The van der Waals surface area contributed by atoms with Crippen molar-refractivity contribution in [3.63, 3.8) is 0 Å². The van der Waals surface area contributed by atoms with E-state index < -0.39 is 27.9 Å². The third kappa shape index (κ3) is 8.58. The van der Waals surface area contributed by atoms with Crippen molar-refractivity contribution in [2.45, 2.75) is 44.4 Å². The number of hydrogen-bond acceptors (Lipinski definition) is 6. The molecule has 1 saturated heterocycles. The van der Waals surface area contributed by atoms with Crippen LogP contribution in [0, 0.1) is 5.82 Å². The van der Waals surface area contributed by atoms with Gasteiger partial charge in [0.25, 0.3) is 0 Å². The van der Waals surface area contributed by atoms with Crippen LogP contribution >= 0.6 is 11.6 Å². The Labute approximate surface area is 282 Å². The Morgan fingerprint density at radius 2 is 1.66 bits per heavy atom. The molecule has 0 bridgehead atoms. The zero-order valence-electron chi connectivity index (χ0n) is 27.1. The number of sulfonamides is 1. The van der Waals surface area contributed by atoms with Crippen LogP contribution in [0.15, 0.2) is 72.8 Å². The molecular formula is C35H43ClFN5O4S. The van der Waals surface area contributed by atoms with Gasteiger partial charge in [-0.15, -0.1) is 0 Å². The average Bonchev–Trinajstić information content (AvgIpc) is 3.36. The van der Waals surface area contributed by atoms with Crippen molar-refractivity contribution in [3.05, 3.63) is 106 Å². The first-order valence-corrected chi connectivity index (χ1v) is 18.2. The number of likely N-dealkylation sites (N-methyl/N-ethyl adjacent to an activating group) is 1. The van der Waals surface area contributed by atoms with E-state index in [1.165, 1.54) is 15.9 Å². The van der Waals surface area contributed by atoms with Gasteiger partial charge in [0.15, 0.2) is 0 Å². The summed E-state index contributed by atoms with van der Waals surface area (Å²) in [4.78, 5) is 33.5. The number of benzene rings is 3. The molecule has 0 aromatic heterocycles. The summed E-state index contributed by atoms with van der Waals surface area (Å²) in [6, 6.07) is 20.4. The second-order valence-electron chi connectivity index (χ2n) is 12.4. The maximum atomic E-state index is 15.1. The molecule has 1 fully saturated rings. The summed E-state index contributed by atoms with van der Waals surface area (Å²) in [5.74, 6) is -0.798. The van der Waals surface area contributed by atoms with Crippen molar-refractivity contribution >= 4 is 33.4 Å². The summed E-state index contributed by atoms with van der Waals surface area (Å²) >= 11 is 6.11. The monoisotopic (exact) mass is 683 g/mol. The molecule has 3 aromatic rings. The number of carbonyl (C=O) groups is 2. The fourth-order valence-electron chi connectivity index (χ4n) is 6.69. The predicted molar refractivity (Wildman–Crippen MR) is 182 cm³/mol. The first-order valence-electron chi connectivity index (χ1n) is 16.0. The summed E-state index contributed by atoms with van der Waals surface area (Å²) in [5, 5.41) is 3.63. The molecule has 0 saturated carbocycles. The van der Waals surface area contributed by atoms with Crippen LogP contribution in [-0.4, -0.2) is 97.9 Å². The number of nitrogens with zero attached hydrogens (tertiary/aromatic N) is 4. The van der Waals surface area contributed by atoms with Crippen LogP contribution in [0.2, 0.25) is 5.02 Å². The highest BCUT2D eigenvalue weighted by Gasteiger charge is 2.35. The topological polar surface area (TPSA) is 93.3 Å². The minimum atomic E-state index is -3.51. The van der Waals surface area contributed by atoms with Crippen molar-refractivity contribution in [2.75, 3.05) is 52.6 Å². The third-order valence-corrected chi connectivity index (χ3v) is 10.9. The normalized spacial score (nSPS) is 18.6. The standard InChI is InChI=1S/C35H43ClFN5O4S/c1-4-42(47(3,45)46)24-33(29-11-7-8-12-30(29)37)40-17-19-41(20-18-40)35(44)31(21-25-13-15-27(36)16-14-25)38-34(43)22-32-28-10-6-5-9-26(28)23-39(32)2/h5-16,31-33H,4,17-24H2,1-3H3,(H,38,43)/t31-,32?,33?/m1/s1. The summed E-state index contributed by atoms with van der Waals surface area (Å²) in [6.45, 7) is 4.40. The van der Waals surface area contributed by atoms with E-state index in [1.54, 1.807) is 42.2 Å². The lowest BCUT2D eigenvalue weighted by Crippen LogP contribution is -2.56. The molecular weight excluding hydrogens is 641 g/mol. The van der Waals surface area contributed by atoms with Gasteiger partial charge in [-0.05, 0) is 41.9 Å². The van der Waals surface area contributed by atoms with Crippen LogP contribution in [0.5, 0.6) is 0 Å². The molecule has 3 aromatic carbocycles. The number of carbonyl (C=O) groups excluding carboxylic acids is 2. The predicted octanol–water partition coefficient (Wildman–Crippen LogP) is 4.25. The Morgan fingerprint density at radius 3 is 2.32 bits per heavy atom. The van der Waals surface area contributed by atoms with Gasteiger partial charge in [-0.25, -0.2) is 17.1 Å². The highest BCUT2D eigenvalue weighted by Crippen LogP contribution is 2.34. The molecule has 2 aliphatic heterocycles. The largest absolute Gasteiger partial charge is 0.344 e. The second kappa shape index (κ2) is 15.3. The van der Waals surface area contributed by atoms with Crippen LogP contribution in [0.3, 0.4) is 0 Å². The van der Waals surface area contributed by atoms with E-state index in [4.69, 9.17) is 11.6 Å². The number of piperazine rings is 1. The zero-order valence-corrected chi connectivity index (χ0v) is 28.7. The lowest BCUT2D eigenvalue weighted by Gasteiger charge is -2.41. The SMILES string of the molecule is CCN(CC(c1ccccc1F)N1CCN(C(=O)[C@@H](Cc2ccc(Cl)cc2)NC(=O)CC2c3ccccc3CN2C)CC1)S(C)(=O)=O. The fourth-order valence-corrected chi connectivity index (χ4v) is 7.70. The van der Waals surface area contributed by atoms with Crippen LogP contribution < -0.4 is 5.32 Å². The smallest absolute Gasteiger partial charge is 0.245 e. The quantitative estimate of drug-likeness (QED) is 0.307. The van der Waals surface area contributed by atoms with E-state index in [0.717, 1.165) is 23.9 Å². The van der Waals surface area contributed by atoms with E-state index in [2.05, 4.69) is 22.3 Å². The molecule has 47 heavy (non-hydrogen) atoms. The zero-order chi connectivity index (χ0) is 33.7. The summed E-state index contributed by atoms with van der Waals surface area (Å²) in [5.41, 5.74) is 3.62. The van der Waals surface area contributed by atoms with Crippen molar-refractivity contribution in [2.24, 2.45) is 0 Å². The Morgan fingerprint density at radius 1 is 1.00 bits per heavy atom. The van der Waals surface area contributed by atoms with E-state index in [1.807, 2.05) is 36.2 Å². The van der Waals surface area contributed by atoms with Crippen molar-refractivity contribution in [3.8, 4) is 0 Å². The molecule has 9 nitrogen and oxygen atoms in total. The first kappa shape index (κ1) is 35.0. The van der Waals surface area contributed by atoms with Gasteiger partial charge in [-0.2, -0.15) is 0 Å². The molecule has 2 unspecified atom stereocenters.